The summed E-state index contributed by atoms with van der Waals surface area (Å²) in [5.41, 5.74) is 0. The minimum absolute atomic E-state index is 0.355. The molecule has 0 fully saturated rings. The van der Waals surface area contributed by atoms with E-state index in [0.29, 0.717) is 16.3 Å². The lowest BCUT2D eigenvalue weighted by Crippen LogP contribution is -2.04. The van der Waals surface area contributed by atoms with E-state index in [4.69, 9.17) is 23.2 Å². The van der Waals surface area contributed by atoms with Crippen molar-refractivity contribution in [2.45, 2.75) is 13.3 Å². The van der Waals surface area contributed by atoms with Crippen molar-refractivity contribution in [1.82, 2.24) is 9.97 Å². The number of hydrogen-bond acceptors (Lipinski definition) is 3. The molecule has 0 saturated heterocycles. The highest BCUT2D eigenvalue weighted by Gasteiger charge is 1.99. The molecule has 0 amide bonds. The van der Waals surface area contributed by atoms with Crippen molar-refractivity contribution < 1.29 is 0 Å². The van der Waals surface area contributed by atoms with Gasteiger partial charge in [-0.05, 0) is 6.42 Å². The van der Waals surface area contributed by atoms with Crippen LogP contribution in [0, 0.1) is 0 Å². The number of nitrogens with zero attached hydrogens (tertiary/aromatic N) is 2. The molecule has 0 aliphatic carbocycles. The van der Waals surface area contributed by atoms with E-state index in [1.807, 2.05) is 0 Å². The Bertz CT molecular complexity index is 245. The van der Waals surface area contributed by atoms with Crippen molar-refractivity contribution in [2.24, 2.45) is 0 Å². The van der Waals surface area contributed by atoms with Crippen molar-refractivity contribution in [3.05, 3.63) is 16.4 Å². The molecule has 5 heteroatoms. The molecule has 0 aliphatic rings. The first kappa shape index (κ1) is 9.55. The van der Waals surface area contributed by atoms with Crippen LogP contribution in [0.15, 0.2) is 6.07 Å². The van der Waals surface area contributed by atoms with Gasteiger partial charge in [0.05, 0.1) is 0 Å². The molecule has 0 aliphatic heterocycles. The zero-order valence-electron chi connectivity index (χ0n) is 6.64. The summed E-state index contributed by atoms with van der Waals surface area (Å²) in [5.74, 6) is 0.481. The maximum atomic E-state index is 5.65. The minimum atomic E-state index is 0.355. The summed E-state index contributed by atoms with van der Waals surface area (Å²) in [7, 11) is 0. The van der Waals surface area contributed by atoms with Crippen LogP contribution in [0.3, 0.4) is 0 Å². The van der Waals surface area contributed by atoms with Gasteiger partial charge in [-0.3, -0.25) is 0 Å². The Morgan fingerprint density at radius 2 is 1.92 bits per heavy atom. The zero-order chi connectivity index (χ0) is 8.97. The lowest BCUT2D eigenvalue weighted by atomic mass is 10.5. The monoisotopic (exact) mass is 205 g/mol. The minimum Gasteiger partial charge on any atom is -0.354 e. The number of rotatable bonds is 3. The second-order valence-corrected chi connectivity index (χ2v) is 3.04. The summed E-state index contributed by atoms with van der Waals surface area (Å²) < 4.78 is 0. The summed E-state index contributed by atoms with van der Waals surface area (Å²) in [5, 5.41) is 3.70. The highest BCUT2D eigenvalue weighted by atomic mass is 35.5. The molecule has 0 spiro atoms. The van der Waals surface area contributed by atoms with E-state index >= 15 is 0 Å². The van der Waals surface area contributed by atoms with Crippen LogP contribution < -0.4 is 5.32 Å². The van der Waals surface area contributed by atoms with Gasteiger partial charge in [-0.25, -0.2) is 9.97 Å². The SMILES string of the molecule is CCCNc1nc(Cl)cc(Cl)n1. The van der Waals surface area contributed by atoms with E-state index in [0.717, 1.165) is 13.0 Å². The van der Waals surface area contributed by atoms with Crippen LogP contribution in [0.2, 0.25) is 10.3 Å². The molecule has 1 heterocycles. The second kappa shape index (κ2) is 4.48. The maximum Gasteiger partial charge on any atom is 0.225 e. The average molecular weight is 206 g/mol. The van der Waals surface area contributed by atoms with Gasteiger partial charge < -0.3 is 5.32 Å². The number of anilines is 1. The fraction of sp³-hybridized carbons (Fsp3) is 0.429. The zero-order valence-corrected chi connectivity index (χ0v) is 8.15. The summed E-state index contributed by atoms with van der Waals surface area (Å²) in [4.78, 5) is 7.86. The smallest absolute Gasteiger partial charge is 0.225 e. The van der Waals surface area contributed by atoms with Gasteiger partial charge in [0.2, 0.25) is 5.95 Å². The molecule has 0 aromatic carbocycles. The van der Waals surface area contributed by atoms with E-state index in [-0.39, 0.29) is 0 Å². The normalized spacial score (nSPS) is 9.92. The Morgan fingerprint density at radius 1 is 1.33 bits per heavy atom. The molecule has 1 aromatic rings. The molecule has 0 radical (unpaired) electrons. The lowest BCUT2D eigenvalue weighted by Gasteiger charge is -2.02. The van der Waals surface area contributed by atoms with Crippen LogP contribution in [0.5, 0.6) is 0 Å². The summed E-state index contributed by atoms with van der Waals surface area (Å²) >= 11 is 11.3. The Kier molecular flexibility index (Phi) is 3.56. The second-order valence-electron chi connectivity index (χ2n) is 2.26. The number of hydrogen-bond donors (Lipinski definition) is 1. The molecule has 0 unspecified atom stereocenters. The van der Waals surface area contributed by atoms with Gasteiger partial charge in [0.15, 0.2) is 0 Å². The van der Waals surface area contributed by atoms with Gasteiger partial charge in [0.1, 0.15) is 10.3 Å². The Labute approximate surface area is 81.1 Å². The third-order valence-electron chi connectivity index (χ3n) is 1.20. The van der Waals surface area contributed by atoms with E-state index in [2.05, 4.69) is 22.2 Å². The molecule has 1 N–H and O–H groups in total. The molecule has 1 aromatic heterocycles. The molecule has 0 saturated carbocycles. The first-order chi connectivity index (χ1) is 5.72. The molecule has 12 heavy (non-hydrogen) atoms. The van der Waals surface area contributed by atoms with E-state index in [9.17, 15) is 0 Å². The first-order valence-electron chi connectivity index (χ1n) is 3.66. The Morgan fingerprint density at radius 3 is 2.42 bits per heavy atom. The van der Waals surface area contributed by atoms with Gasteiger partial charge in [-0.15, -0.1) is 0 Å². The van der Waals surface area contributed by atoms with Crippen molar-refractivity contribution in [3.8, 4) is 0 Å². The van der Waals surface area contributed by atoms with Gasteiger partial charge >= 0.3 is 0 Å². The summed E-state index contributed by atoms with van der Waals surface area (Å²) in [6.45, 7) is 2.87. The lowest BCUT2D eigenvalue weighted by molar-refractivity contribution is 0.952. The van der Waals surface area contributed by atoms with Crippen molar-refractivity contribution in [2.75, 3.05) is 11.9 Å². The van der Waals surface area contributed by atoms with Gasteiger partial charge in [-0.1, -0.05) is 30.1 Å². The number of nitrogens with one attached hydrogen (secondary N) is 1. The Hall–Kier alpha value is -0.540. The van der Waals surface area contributed by atoms with Crippen LogP contribution in [0.25, 0.3) is 0 Å². The quantitative estimate of drug-likeness (QED) is 0.772. The van der Waals surface area contributed by atoms with Crippen molar-refractivity contribution in [1.29, 1.82) is 0 Å². The van der Waals surface area contributed by atoms with Crippen molar-refractivity contribution in [3.63, 3.8) is 0 Å². The first-order valence-corrected chi connectivity index (χ1v) is 4.42. The highest BCUT2D eigenvalue weighted by molar-refractivity contribution is 6.33. The fourth-order valence-electron chi connectivity index (χ4n) is 0.706. The van der Waals surface area contributed by atoms with Crippen LogP contribution in [-0.4, -0.2) is 16.5 Å². The molecule has 0 atom stereocenters. The summed E-state index contributed by atoms with van der Waals surface area (Å²) in [6, 6.07) is 1.50. The third kappa shape index (κ3) is 2.83. The number of halogens is 2. The van der Waals surface area contributed by atoms with Crippen LogP contribution in [0.1, 0.15) is 13.3 Å². The largest absolute Gasteiger partial charge is 0.354 e. The molecule has 66 valence electrons. The Balaban J connectivity index is 2.72. The third-order valence-corrected chi connectivity index (χ3v) is 1.58. The molecule has 3 nitrogen and oxygen atoms in total. The molecular formula is C7H9Cl2N3. The van der Waals surface area contributed by atoms with E-state index in [1.165, 1.54) is 6.07 Å². The van der Waals surface area contributed by atoms with Crippen molar-refractivity contribution >= 4 is 29.2 Å². The molecule has 0 bridgehead atoms. The highest BCUT2D eigenvalue weighted by Crippen LogP contribution is 2.13. The van der Waals surface area contributed by atoms with Crippen LogP contribution >= 0.6 is 23.2 Å². The average Bonchev–Trinajstić information content (AvgIpc) is 1.99. The van der Waals surface area contributed by atoms with Crippen LogP contribution in [0.4, 0.5) is 5.95 Å². The number of aromatic nitrogens is 2. The summed E-state index contributed by atoms with van der Waals surface area (Å²) in [6.07, 6.45) is 1.01. The van der Waals surface area contributed by atoms with E-state index in [1.54, 1.807) is 0 Å². The molecular weight excluding hydrogens is 197 g/mol. The predicted octanol–water partition coefficient (Wildman–Crippen LogP) is 2.61. The maximum absolute atomic E-state index is 5.65. The van der Waals surface area contributed by atoms with E-state index < -0.39 is 0 Å². The fourth-order valence-corrected chi connectivity index (χ4v) is 1.13. The topological polar surface area (TPSA) is 37.8 Å². The molecule has 1 rings (SSSR count). The van der Waals surface area contributed by atoms with Gasteiger partial charge in [-0.2, -0.15) is 0 Å². The van der Waals surface area contributed by atoms with Gasteiger partial charge in [0.25, 0.3) is 0 Å². The van der Waals surface area contributed by atoms with Crippen LogP contribution in [-0.2, 0) is 0 Å². The standard InChI is InChI=1S/C7H9Cl2N3/c1-2-3-10-7-11-5(8)4-6(9)12-7/h4H,2-3H2,1H3,(H,10,11,12). The van der Waals surface area contributed by atoms with Gasteiger partial charge in [0, 0.05) is 12.6 Å². The predicted molar refractivity (Wildman–Crippen MR) is 50.8 cm³/mol.